The second-order valence-corrected chi connectivity index (χ2v) is 4.00. The molecule has 0 aliphatic carbocycles. The van der Waals surface area contributed by atoms with Crippen molar-refractivity contribution in [2.75, 3.05) is 0 Å². The first kappa shape index (κ1) is 11.5. The molecule has 0 aliphatic heterocycles. The van der Waals surface area contributed by atoms with Gasteiger partial charge in [-0.3, -0.25) is 0 Å². The predicted molar refractivity (Wildman–Crippen MR) is 71.3 cm³/mol. The van der Waals surface area contributed by atoms with Crippen molar-refractivity contribution in [3.05, 3.63) is 35.0 Å². The van der Waals surface area contributed by atoms with Gasteiger partial charge in [0.25, 0.3) is 0 Å². The zero-order valence-corrected chi connectivity index (χ0v) is 10.0. The summed E-state index contributed by atoms with van der Waals surface area (Å²) in [7, 11) is 1.97. The van der Waals surface area contributed by atoms with Gasteiger partial charge in [0.05, 0.1) is 11.2 Å². The van der Waals surface area contributed by atoms with Crippen molar-refractivity contribution in [3.8, 4) is 0 Å². The first-order valence-electron chi connectivity index (χ1n) is 4.95. The Balaban J connectivity index is 2.55. The molecule has 2 aromatic rings. The van der Waals surface area contributed by atoms with Crippen molar-refractivity contribution in [3.63, 3.8) is 0 Å². The third-order valence-corrected chi connectivity index (χ3v) is 2.75. The third-order valence-electron chi connectivity index (χ3n) is 2.42. The maximum Gasteiger partial charge on any atom is 0.211 e. The molecule has 0 amide bonds. The quantitative estimate of drug-likeness (QED) is 0.480. The Morgan fingerprint density at radius 3 is 2.82 bits per heavy atom. The molecule has 0 aliphatic rings. The first-order chi connectivity index (χ1) is 8.09. The van der Waals surface area contributed by atoms with Crippen molar-refractivity contribution in [1.29, 1.82) is 0 Å². The minimum Gasteiger partial charge on any atom is -0.369 e. The van der Waals surface area contributed by atoms with Gasteiger partial charge in [0, 0.05) is 29.7 Å². The summed E-state index contributed by atoms with van der Waals surface area (Å²) in [5, 5.41) is 8.95. The Morgan fingerprint density at radius 1 is 1.35 bits per heavy atom. The van der Waals surface area contributed by atoms with Crippen LogP contribution >= 0.6 is 11.6 Å². The second kappa shape index (κ2) is 4.47. The molecule has 1 aromatic carbocycles. The van der Waals surface area contributed by atoms with Crippen LogP contribution in [0.3, 0.4) is 0 Å². The summed E-state index contributed by atoms with van der Waals surface area (Å²) in [4.78, 5) is 0. The number of hydrogen-bond donors (Lipinski definition) is 2. The van der Waals surface area contributed by atoms with Crippen LogP contribution in [0.1, 0.15) is 5.56 Å². The minimum absolute atomic E-state index is 0.0855. The highest BCUT2D eigenvalue weighted by atomic mass is 35.5. The molecule has 6 heteroatoms. The molecule has 2 rings (SSSR count). The van der Waals surface area contributed by atoms with E-state index in [1.807, 2.05) is 36.0 Å². The normalized spacial score (nSPS) is 11.2. The topological polar surface area (TPSA) is 81.7 Å². The molecule has 1 aromatic heterocycles. The lowest BCUT2D eigenvalue weighted by Crippen LogP contribution is -2.21. The third kappa shape index (κ3) is 2.24. The van der Waals surface area contributed by atoms with Crippen LogP contribution < -0.4 is 11.5 Å². The van der Waals surface area contributed by atoms with Gasteiger partial charge in [0.15, 0.2) is 0 Å². The zero-order valence-electron chi connectivity index (χ0n) is 9.26. The van der Waals surface area contributed by atoms with E-state index in [1.54, 1.807) is 6.21 Å². The van der Waals surface area contributed by atoms with E-state index in [0.717, 1.165) is 16.5 Å². The average molecular weight is 250 g/mol. The van der Waals surface area contributed by atoms with Crippen LogP contribution in [0.2, 0.25) is 5.02 Å². The number of benzene rings is 1. The van der Waals surface area contributed by atoms with Gasteiger partial charge in [-0.05, 0) is 18.2 Å². The lowest BCUT2D eigenvalue weighted by Gasteiger charge is -2.01. The second-order valence-electron chi connectivity index (χ2n) is 3.59. The van der Waals surface area contributed by atoms with Gasteiger partial charge in [-0.2, -0.15) is 5.10 Å². The van der Waals surface area contributed by atoms with Crippen molar-refractivity contribution in [2.24, 2.45) is 28.7 Å². The highest BCUT2D eigenvalue weighted by Crippen LogP contribution is 2.25. The molecule has 0 atom stereocenters. The molecular weight excluding hydrogens is 238 g/mol. The summed E-state index contributed by atoms with van der Waals surface area (Å²) < 4.78 is 2.00. The summed E-state index contributed by atoms with van der Waals surface area (Å²) in [6.45, 7) is 0. The number of aryl methyl sites for hydroxylation is 1. The summed E-state index contributed by atoms with van der Waals surface area (Å²) in [6.07, 6.45) is 3.50. The highest BCUT2D eigenvalue weighted by Gasteiger charge is 2.06. The molecular formula is C11H12ClN5. The molecule has 0 bridgehead atoms. The fraction of sp³-hybridized carbons (Fsp3) is 0.0909. The molecule has 1 heterocycles. The van der Waals surface area contributed by atoms with E-state index in [1.165, 1.54) is 0 Å². The van der Waals surface area contributed by atoms with E-state index >= 15 is 0 Å². The molecule has 0 saturated heterocycles. The first-order valence-corrected chi connectivity index (χ1v) is 5.33. The number of rotatable bonds is 2. The summed E-state index contributed by atoms with van der Waals surface area (Å²) in [5.74, 6) is -0.0855. The standard InChI is InChI=1S/C11H12ClN5/c1-17-5-4-7-8(6-15-16-11(13)14)9(12)2-3-10(7)17/h2-6H,1H3,(H4,13,14,16). The Bertz CT molecular complexity index is 608. The molecule has 4 N–H and O–H groups in total. The minimum atomic E-state index is -0.0855. The van der Waals surface area contributed by atoms with Crippen molar-refractivity contribution < 1.29 is 0 Å². The number of nitrogens with two attached hydrogens (primary N) is 2. The van der Waals surface area contributed by atoms with Crippen molar-refractivity contribution in [2.45, 2.75) is 0 Å². The smallest absolute Gasteiger partial charge is 0.211 e. The zero-order chi connectivity index (χ0) is 12.4. The van der Waals surface area contributed by atoms with Gasteiger partial charge in [-0.1, -0.05) is 11.6 Å². The van der Waals surface area contributed by atoms with E-state index < -0.39 is 0 Å². The molecule has 88 valence electrons. The number of fused-ring (bicyclic) bond motifs is 1. The van der Waals surface area contributed by atoms with Gasteiger partial charge in [0.2, 0.25) is 5.96 Å². The largest absolute Gasteiger partial charge is 0.369 e. The summed E-state index contributed by atoms with van der Waals surface area (Å²) >= 11 is 6.12. The van der Waals surface area contributed by atoms with Crippen molar-refractivity contribution in [1.82, 2.24) is 4.57 Å². The Morgan fingerprint density at radius 2 is 2.12 bits per heavy atom. The SMILES string of the molecule is Cn1ccc2c(C=NN=C(N)N)c(Cl)ccc21. The Hall–Kier alpha value is -2.01. The van der Waals surface area contributed by atoms with E-state index in [2.05, 4.69) is 10.2 Å². The van der Waals surface area contributed by atoms with Crippen LogP contribution in [0.25, 0.3) is 10.9 Å². The summed E-state index contributed by atoms with van der Waals surface area (Å²) in [6, 6.07) is 5.74. The van der Waals surface area contributed by atoms with E-state index in [9.17, 15) is 0 Å². The van der Waals surface area contributed by atoms with Crippen LogP contribution in [0, 0.1) is 0 Å². The predicted octanol–water partition coefficient (Wildman–Crippen LogP) is 1.44. The van der Waals surface area contributed by atoms with Gasteiger partial charge in [-0.25, -0.2) is 0 Å². The van der Waals surface area contributed by atoms with E-state index in [-0.39, 0.29) is 5.96 Å². The molecule has 0 radical (unpaired) electrons. The fourth-order valence-electron chi connectivity index (χ4n) is 1.63. The molecule has 17 heavy (non-hydrogen) atoms. The summed E-state index contributed by atoms with van der Waals surface area (Å²) in [5.41, 5.74) is 12.2. The maximum atomic E-state index is 6.12. The maximum absolute atomic E-state index is 6.12. The number of guanidine groups is 1. The van der Waals surface area contributed by atoms with Gasteiger partial charge < -0.3 is 16.0 Å². The van der Waals surface area contributed by atoms with Gasteiger partial charge in [-0.15, -0.1) is 5.10 Å². The van der Waals surface area contributed by atoms with E-state index in [4.69, 9.17) is 23.1 Å². The van der Waals surface area contributed by atoms with Crippen LogP contribution in [0.5, 0.6) is 0 Å². The molecule has 0 unspecified atom stereocenters. The molecule has 0 fully saturated rings. The van der Waals surface area contributed by atoms with Crippen molar-refractivity contribution >= 4 is 34.7 Å². The number of hydrogen-bond acceptors (Lipinski definition) is 2. The number of halogens is 1. The number of nitrogens with zero attached hydrogens (tertiary/aromatic N) is 3. The fourth-order valence-corrected chi connectivity index (χ4v) is 1.85. The lowest BCUT2D eigenvalue weighted by molar-refractivity contribution is 0.969. The highest BCUT2D eigenvalue weighted by molar-refractivity contribution is 6.34. The molecule has 5 nitrogen and oxygen atoms in total. The Labute approximate surface area is 103 Å². The van der Waals surface area contributed by atoms with Gasteiger partial charge >= 0.3 is 0 Å². The molecule has 0 spiro atoms. The van der Waals surface area contributed by atoms with Crippen LogP contribution in [0.15, 0.2) is 34.6 Å². The molecule has 0 saturated carbocycles. The van der Waals surface area contributed by atoms with E-state index in [0.29, 0.717) is 5.02 Å². The van der Waals surface area contributed by atoms with Crippen LogP contribution in [-0.2, 0) is 7.05 Å². The Kier molecular flexibility index (Phi) is 3.01. The number of aromatic nitrogens is 1. The van der Waals surface area contributed by atoms with Gasteiger partial charge in [0.1, 0.15) is 0 Å². The van der Waals surface area contributed by atoms with Crippen LogP contribution in [-0.4, -0.2) is 16.7 Å². The monoisotopic (exact) mass is 249 g/mol. The van der Waals surface area contributed by atoms with Crippen LogP contribution in [0.4, 0.5) is 0 Å². The average Bonchev–Trinajstić information content (AvgIpc) is 2.63. The lowest BCUT2D eigenvalue weighted by atomic mass is 10.1.